The van der Waals surface area contributed by atoms with E-state index in [1.54, 1.807) is 17.5 Å². The molecule has 0 radical (unpaired) electrons. The number of likely N-dealkylation sites (N-methyl/N-ethyl adjacent to an activating group) is 1. The molecule has 2 aliphatic heterocycles. The van der Waals surface area contributed by atoms with Crippen molar-refractivity contribution in [3.05, 3.63) is 53.1 Å². The summed E-state index contributed by atoms with van der Waals surface area (Å²) in [5.41, 5.74) is 2.50. The highest BCUT2D eigenvalue weighted by Crippen LogP contribution is 2.65. The zero-order chi connectivity index (χ0) is 28.4. The first-order chi connectivity index (χ1) is 19.1. The van der Waals surface area contributed by atoms with Gasteiger partial charge in [-0.25, -0.2) is 8.42 Å². The van der Waals surface area contributed by atoms with E-state index in [0.29, 0.717) is 29.7 Å². The summed E-state index contributed by atoms with van der Waals surface area (Å²) < 4.78 is 48.6. The molecule has 9 heteroatoms. The van der Waals surface area contributed by atoms with Crippen LogP contribution in [-0.2, 0) is 32.4 Å². The van der Waals surface area contributed by atoms with Crippen molar-refractivity contribution < 1.29 is 27.4 Å². The fourth-order valence-electron chi connectivity index (χ4n) is 8.12. The number of sulfonamides is 1. The molecule has 0 amide bonds. The number of likely N-dealkylation sites (tertiary alicyclic amines) is 1. The molecule has 40 heavy (non-hydrogen) atoms. The Bertz CT molecular complexity index is 1410. The molecular weight excluding hydrogens is 528 g/mol. The van der Waals surface area contributed by atoms with Crippen LogP contribution in [0.4, 0.5) is 0 Å². The zero-order valence-corrected chi connectivity index (χ0v) is 24.9. The van der Waals surface area contributed by atoms with Crippen LogP contribution in [-0.4, -0.2) is 69.0 Å². The number of carbonyl (C=O) groups excluding carboxylic acids is 1. The number of hydrogen-bond donors (Lipinski definition) is 0. The Hall–Kier alpha value is -2.62. The second-order valence-electron chi connectivity index (χ2n) is 12.4. The molecular formula is C31H40N2O6S. The van der Waals surface area contributed by atoms with Crippen molar-refractivity contribution in [2.45, 2.75) is 75.8 Å². The molecule has 2 aromatic rings. The van der Waals surface area contributed by atoms with Gasteiger partial charge < -0.3 is 19.1 Å². The molecule has 0 unspecified atom stereocenters. The van der Waals surface area contributed by atoms with Crippen LogP contribution in [0.15, 0.2) is 36.4 Å². The van der Waals surface area contributed by atoms with Crippen molar-refractivity contribution in [2.75, 3.05) is 27.2 Å². The van der Waals surface area contributed by atoms with Crippen molar-refractivity contribution in [1.82, 2.24) is 9.21 Å². The number of piperidine rings is 1. The predicted octanol–water partition coefficient (Wildman–Crippen LogP) is 4.15. The first-order valence-corrected chi connectivity index (χ1v) is 16.0. The van der Waals surface area contributed by atoms with Gasteiger partial charge in [-0.15, -0.1) is 0 Å². The average molecular weight is 569 g/mol. The van der Waals surface area contributed by atoms with Gasteiger partial charge in [0.2, 0.25) is 10.0 Å². The first-order valence-electron chi connectivity index (χ1n) is 14.4. The minimum atomic E-state index is -3.64. The van der Waals surface area contributed by atoms with E-state index in [0.717, 1.165) is 48.9 Å². The van der Waals surface area contributed by atoms with Gasteiger partial charge in [0.1, 0.15) is 11.9 Å². The summed E-state index contributed by atoms with van der Waals surface area (Å²) in [5.74, 6) is 1.83. The van der Waals surface area contributed by atoms with Crippen molar-refractivity contribution in [3.8, 4) is 17.2 Å². The van der Waals surface area contributed by atoms with E-state index < -0.39 is 10.0 Å². The summed E-state index contributed by atoms with van der Waals surface area (Å²) in [7, 11) is 0.128. The fourth-order valence-corrected chi connectivity index (χ4v) is 10.1. The van der Waals surface area contributed by atoms with Gasteiger partial charge in [0.15, 0.2) is 11.5 Å². The maximum atomic E-state index is 14.2. The maximum absolute atomic E-state index is 14.2. The van der Waals surface area contributed by atoms with Crippen molar-refractivity contribution in [2.24, 2.45) is 11.8 Å². The molecule has 6 rings (SSSR count). The molecule has 2 fully saturated rings. The summed E-state index contributed by atoms with van der Waals surface area (Å²) in [6.45, 7) is 6.88. The van der Waals surface area contributed by atoms with Crippen LogP contribution >= 0.6 is 0 Å². The van der Waals surface area contributed by atoms with E-state index in [4.69, 9.17) is 14.2 Å². The van der Waals surface area contributed by atoms with E-state index in [1.807, 2.05) is 30.3 Å². The molecule has 5 atom stereocenters. The maximum Gasteiger partial charge on any atom is 0.308 e. The molecule has 1 saturated carbocycles. The van der Waals surface area contributed by atoms with Gasteiger partial charge in [-0.3, -0.25) is 4.79 Å². The second-order valence-corrected chi connectivity index (χ2v) is 14.3. The van der Waals surface area contributed by atoms with Crippen LogP contribution in [0.1, 0.15) is 56.7 Å². The van der Waals surface area contributed by atoms with E-state index in [1.165, 1.54) is 6.92 Å². The third-order valence-corrected chi connectivity index (χ3v) is 11.4. The number of methoxy groups -OCH3 is 1. The number of rotatable bonds is 8. The molecule has 8 nitrogen and oxygen atoms in total. The lowest BCUT2D eigenvalue weighted by molar-refractivity contribution is -0.132. The van der Waals surface area contributed by atoms with Crippen molar-refractivity contribution >= 4 is 16.0 Å². The minimum Gasteiger partial charge on any atom is -0.493 e. The third kappa shape index (κ3) is 4.23. The van der Waals surface area contributed by atoms with E-state index >= 15 is 0 Å². The predicted molar refractivity (Wildman–Crippen MR) is 152 cm³/mol. The molecule has 2 heterocycles. The van der Waals surface area contributed by atoms with Gasteiger partial charge in [-0.2, -0.15) is 4.31 Å². The standard InChI is InChI=1S/C31H40N2O6S/c1-19(2)17-33(40(35,36)18-21-9-7-6-8-10-21)24-12-11-23-25-15-22-26(38-20(3)34)16-27(37-5)29-28(22)31(23,30(24)39-29)13-14-32(25)4/h6-10,16,19,23-25,30H,11-15,17-18H2,1-5H3/t23-,24+,25+,30-,31-/m0/s1. The number of benzene rings is 2. The molecule has 2 aliphatic carbocycles. The van der Waals surface area contributed by atoms with Crippen molar-refractivity contribution in [1.29, 1.82) is 0 Å². The monoisotopic (exact) mass is 568 g/mol. The zero-order valence-electron chi connectivity index (χ0n) is 24.1. The largest absolute Gasteiger partial charge is 0.493 e. The lowest BCUT2D eigenvalue weighted by atomic mass is 9.51. The Balaban J connectivity index is 1.49. The second kappa shape index (κ2) is 10.0. The Kier molecular flexibility index (Phi) is 6.91. The summed E-state index contributed by atoms with van der Waals surface area (Å²) in [6, 6.07) is 11.1. The van der Waals surface area contributed by atoms with Gasteiger partial charge in [0, 0.05) is 42.1 Å². The van der Waals surface area contributed by atoms with Crippen LogP contribution in [0, 0.1) is 11.8 Å². The molecule has 216 valence electrons. The van der Waals surface area contributed by atoms with Gasteiger partial charge in [-0.05, 0) is 56.7 Å². The molecule has 4 aliphatic rings. The molecule has 2 aromatic carbocycles. The lowest BCUT2D eigenvalue weighted by Crippen LogP contribution is -2.68. The third-order valence-electron chi connectivity index (χ3n) is 9.57. The smallest absolute Gasteiger partial charge is 0.308 e. The van der Waals surface area contributed by atoms with E-state index in [-0.39, 0.29) is 41.2 Å². The molecule has 0 N–H and O–H groups in total. The van der Waals surface area contributed by atoms with Gasteiger partial charge >= 0.3 is 5.97 Å². The number of hydrogen-bond acceptors (Lipinski definition) is 7. The van der Waals surface area contributed by atoms with Crippen molar-refractivity contribution in [3.63, 3.8) is 0 Å². The van der Waals surface area contributed by atoms with E-state index in [2.05, 4.69) is 25.8 Å². The van der Waals surface area contributed by atoms with Gasteiger partial charge in [0.25, 0.3) is 0 Å². The van der Waals surface area contributed by atoms with Gasteiger partial charge in [0.05, 0.1) is 18.9 Å². The Labute approximate surface area is 237 Å². The highest BCUT2D eigenvalue weighted by atomic mass is 32.2. The molecule has 1 saturated heterocycles. The number of esters is 1. The van der Waals surface area contributed by atoms with Crippen LogP contribution in [0.25, 0.3) is 0 Å². The number of nitrogens with zero attached hydrogens (tertiary/aromatic N) is 2. The highest BCUT2D eigenvalue weighted by molar-refractivity contribution is 7.88. The average Bonchev–Trinajstić information content (AvgIpc) is 3.24. The van der Waals surface area contributed by atoms with Crippen LogP contribution in [0.5, 0.6) is 17.2 Å². The molecule has 1 spiro atoms. The Morgan fingerprint density at radius 1 is 1.20 bits per heavy atom. The summed E-state index contributed by atoms with van der Waals surface area (Å²) in [6.07, 6.45) is 2.92. The summed E-state index contributed by atoms with van der Waals surface area (Å²) >= 11 is 0. The van der Waals surface area contributed by atoms with Crippen LogP contribution in [0.3, 0.4) is 0 Å². The quantitative estimate of drug-likeness (QED) is 0.350. The minimum absolute atomic E-state index is 0.0380. The summed E-state index contributed by atoms with van der Waals surface area (Å²) in [4.78, 5) is 14.5. The number of carbonyl (C=O) groups is 1. The van der Waals surface area contributed by atoms with Crippen LogP contribution in [0.2, 0.25) is 0 Å². The SMILES string of the molecule is COc1cc(OC(C)=O)c2c3c1O[C@H]1[C@H](N(CC(C)C)S(=O)(=O)Cc4ccccc4)CC[C@H]4[C@@H](C2)N(C)CC[C@@]341. The normalized spacial score (nSPS) is 28.8. The van der Waals surface area contributed by atoms with E-state index in [9.17, 15) is 13.2 Å². The Morgan fingerprint density at radius 2 is 1.95 bits per heavy atom. The lowest BCUT2D eigenvalue weighted by Gasteiger charge is -2.60. The first kappa shape index (κ1) is 27.5. The number of ether oxygens (including phenoxy) is 3. The van der Waals surface area contributed by atoms with Gasteiger partial charge in [-0.1, -0.05) is 44.2 Å². The van der Waals surface area contributed by atoms with Crippen LogP contribution < -0.4 is 14.2 Å². The fraction of sp³-hybridized carbons (Fsp3) is 0.581. The highest BCUT2D eigenvalue weighted by Gasteiger charge is 2.67. The molecule has 0 aromatic heterocycles. The molecule has 2 bridgehead atoms. The Morgan fingerprint density at radius 3 is 2.62 bits per heavy atom. The topological polar surface area (TPSA) is 85.4 Å². The summed E-state index contributed by atoms with van der Waals surface area (Å²) in [5, 5.41) is 0.